The molecule has 3 heteroatoms. The number of hydrogen-bond acceptors (Lipinski definition) is 2. The number of nitrogens with two attached hydrogens (primary N) is 1. The minimum atomic E-state index is -0.548. The van der Waals surface area contributed by atoms with Crippen molar-refractivity contribution in [1.29, 1.82) is 0 Å². The largest absolute Gasteiger partial charge is 0.350 e. The van der Waals surface area contributed by atoms with Crippen LogP contribution in [0.1, 0.15) is 66.7 Å². The van der Waals surface area contributed by atoms with Gasteiger partial charge >= 0.3 is 0 Å². The van der Waals surface area contributed by atoms with Gasteiger partial charge in [-0.15, -0.1) is 0 Å². The van der Waals surface area contributed by atoms with Crippen molar-refractivity contribution in [3.05, 3.63) is 0 Å². The van der Waals surface area contributed by atoms with Gasteiger partial charge in [-0.3, -0.25) is 4.79 Å². The summed E-state index contributed by atoms with van der Waals surface area (Å²) in [6.07, 6.45) is 5.88. The number of nitrogens with one attached hydrogen (secondary N) is 1. The summed E-state index contributed by atoms with van der Waals surface area (Å²) in [6.45, 7) is 9.83. The van der Waals surface area contributed by atoms with E-state index >= 15 is 0 Å². The van der Waals surface area contributed by atoms with Crippen LogP contribution in [-0.2, 0) is 4.79 Å². The molecule has 1 amide bonds. The van der Waals surface area contributed by atoms with E-state index in [1.165, 1.54) is 19.3 Å². The molecule has 1 saturated carbocycles. The van der Waals surface area contributed by atoms with E-state index in [0.717, 1.165) is 12.8 Å². The van der Waals surface area contributed by atoms with Crippen LogP contribution in [0.3, 0.4) is 0 Å². The molecule has 0 aromatic rings. The fraction of sp³-hybridized carbons (Fsp3) is 0.929. The van der Waals surface area contributed by atoms with Crippen molar-refractivity contribution in [2.75, 3.05) is 0 Å². The molecule has 0 saturated heterocycles. The summed E-state index contributed by atoms with van der Waals surface area (Å²) < 4.78 is 0. The van der Waals surface area contributed by atoms with Gasteiger partial charge < -0.3 is 11.1 Å². The Morgan fingerprint density at radius 2 is 1.59 bits per heavy atom. The third kappa shape index (κ3) is 3.21. The summed E-state index contributed by atoms with van der Waals surface area (Å²) in [6, 6.07) is 0. The summed E-state index contributed by atoms with van der Waals surface area (Å²) in [5, 5.41) is 3.22. The van der Waals surface area contributed by atoms with Gasteiger partial charge in [-0.05, 0) is 47.5 Å². The molecule has 1 aliphatic rings. The molecule has 0 aromatic carbocycles. The highest BCUT2D eigenvalue weighted by molar-refractivity contribution is 5.84. The fourth-order valence-electron chi connectivity index (χ4n) is 2.18. The van der Waals surface area contributed by atoms with Crippen LogP contribution in [0.15, 0.2) is 0 Å². The average Bonchev–Trinajstić information content (AvgIpc) is 2.16. The lowest BCUT2D eigenvalue weighted by Gasteiger charge is -2.42. The molecule has 3 N–H and O–H groups in total. The summed E-state index contributed by atoms with van der Waals surface area (Å²) >= 11 is 0. The van der Waals surface area contributed by atoms with Crippen LogP contribution in [0.2, 0.25) is 0 Å². The van der Waals surface area contributed by atoms with E-state index in [1.54, 1.807) is 0 Å². The Bertz CT molecular complexity index is 283. The Morgan fingerprint density at radius 3 is 2.00 bits per heavy atom. The number of carbonyl (C=O) groups excluding carboxylic acids is 1. The van der Waals surface area contributed by atoms with Crippen LogP contribution in [0.25, 0.3) is 0 Å². The molecule has 1 aliphatic carbocycles. The van der Waals surface area contributed by atoms with Gasteiger partial charge in [-0.2, -0.15) is 0 Å². The summed E-state index contributed by atoms with van der Waals surface area (Å²) in [4.78, 5) is 12.4. The van der Waals surface area contributed by atoms with E-state index in [4.69, 9.17) is 5.73 Å². The molecule has 0 atom stereocenters. The van der Waals surface area contributed by atoms with E-state index < -0.39 is 11.0 Å². The van der Waals surface area contributed by atoms with Crippen LogP contribution in [0.5, 0.6) is 0 Å². The molecule has 0 radical (unpaired) electrons. The van der Waals surface area contributed by atoms with Crippen molar-refractivity contribution >= 4 is 5.91 Å². The molecule has 0 heterocycles. The third-order valence-electron chi connectivity index (χ3n) is 4.55. The highest BCUT2D eigenvalue weighted by Gasteiger charge is 2.42. The monoisotopic (exact) mass is 240 g/mol. The summed E-state index contributed by atoms with van der Waals surface area (Å²) in [5.74, 6) is 0.0781. The van der Waals surface area contributed by atoms with Crippen molar-refractivity contribution < 1.29 is 4.79 Å². The number of rotatable bonds is 3. The molecule has 1 rings (SSSR count). The average molecular weight is 240 g/mol. The van der Waals surface area contributed by atoms with Crippen LogP contribution >= 0.6 is 0 Å². The number of amides is 1. The second-order valence-electron chi connectivity index (χ2n) is 6.92. The number of carbonyl (C=O) groups is 1. The lowest BCUT2D eigenvalue weighted by molar-refractivity contribution is -0.134. The quantitative estimate of drug-likeness (QED) is 0.796. The van der Waals surface area contributed by atoms with E-state index in [2.05, 4.69) is 12.2 Å². The predicted octanol–water partition coefficient (Wildman–Crippen LogP) is 2.59. The molecule has 3 nitrogen and oxygen atoms in total. The van der Waals surface area contributed by atoms with Gasteiger partial charge in [0, 0.05) is 11.1 Å². The molecule has 0 aromatic heterocycles. The first-order valence-electron chi connectivity index (χ1n) is 6.70. The maximum absolute atomic E-state index is 12.4. The molecule has 17 heavy (non-hydrogen) atoms. The van der Waals surface area contributed by atoms with Crippen LogP contribution < -0.4 is 11.1 Å². The zero-order valence-electron chi connectivity index (χ0n) is 12.0. The zero-order chi connectivity index (χ0) is 13.3. The second-order valence-corrected chi connectivity index (χ2v) is 6.92. The second kappa shape index (κ2) is 4.60. The molecule has 0 spiro atoms. The lowest BCUT2D eigenvalue weighted by Crippen LogP contribution is -2.59. The van der Waals surface area contributed by atoms with Crippen molar-refractivity contribution in [3.8, 4) is 0 Å². The molecule has 100 valence electrons. The van der Waals surface area contributed by atoms with E-state index in [-0.39, 0.29) is 11.4 Å². The van der Waals surface area contributed by atoms with Gasteiger partial charge in [0.2, 0.25) is 5.91 Å². The standard InChI is InChI=1S/C14H28N2O/c1-12(2,13(3,4)15)11(17)16-14(5)9-7-6-8-10-14/h6-10,15H2,1-5H3,(H,16,17). The highest BCUT2D eigenvalue weighted by Crippen LogP contribution is 2.32. The summed E-state index contributed by atoms with van der Waals surface area (Å²) in [5.41, 5.74) is 5.01. The SMILES string of the molecule is CC1(NC(=O)C(C)(C)C(C)(C)N)CCCCC1. The molecule has 0 unspecified atom stereocenters. The first-order valence-corrected chi connectivity index (χ1v) is 6.70. The minimum absolute atomic E-state index is 0.0299. The molecular formula is C14H28N2O. The summed E-state index contributed by atoms with van der Waals surface area (Å²) in [7, 11) is 0. The minimum Gasteiger partial charge on any atom is -0.350 e. The predicted molar refractivity (Wildman–Crippen MR) is 71.7 cm³/mol. The van der Waals surface area contributed by atoms with Crippen LogP contribution in [0.4, 0.5) is 0 Å². The van der Waals surface area contributed by atoms with Gasteiger partial charge in [-0.25, -0.2) is 0 Å². The van der Waals surface area contributed by atoms with Crippen molar-refractivity contribution in [1.82, 2.24) is 5.32 Å². The molecule has 1 fully saturated rings. The Kier molecular flexibility index (Phi) is 3.92. The lowest BCUT2D eigenvalue weighted by atomic mass is 9.73. The van der Waals surface area contributed by atoms with E-state index in [9.17, 15) is 4.79 Å². The molecule has 0 bridgehead atoms. The first-order chi connectivity index (χ1) is 7.58. The van der Waals surface area contributed by atoms with E-state index in [1.807, 2.05) is 27.7 Å². The maximum Gasteiger partial charge on any atom is 0.227 e. The van der Waals surface area contributed by atoms with Gasteiger partial charge in [0.1, 0.15) is 0 Å². The van der Waals surface area contributed by atoms with Gasteiger partial charge in [-0.1, -0.05) is 19.3 Å². The maximum atomic E-state index is 12.4. The van der Waals surface area contributed by atoms with Crippen molar-refractivity contribution in [2.24, 2.45) is 11.1 Å². The van der Waals surface area contributed by atoms with Crippen LogP contribution in [0, 0.1) is 5.41 Å². The smallest absolute Gasteiger partial charge is 0.227 e. The Balaban J connectivity index is 2.71. The van der Waals surface area contributed by atoms with Crippen molar-refractivity contribution in [2.45, 2.75) is 77.8 Å². The third-order valence-corrected chi connectivity index (χ3v) is 4.55. The van der Waals surface area contributed by atoms with Gasteiger partial charge in [0.25, 0.3) is 0 Å². The van der Waals surface area contributed by atoms with Gasteiger partial charge in [0.15, 0.2) is 0 Å². The Labute approximate surface area is 106 Å². The number of hydrogen-bond donors (Lipinski definition) is 2. The van der Waals surface area contributed by atoms with Crippen LogP contribution in [-0.4, -0.2) is 17.0 Å². The fourth-order valence-corrected chi connectivity index (χ4v) is 2.18. The first kappa shape index (κ1) is 14.5. The van der Waals surface area contributed by atoms with Crippen molar-refractivity contribution in [3.63, 3.8) is 0 Å². The Hall–Kier alpha value is -0.570. The van der Waals surface area contributed by atoms with E-state index in [0.29, 0.717) is 0 Å². The Morgan fingerprint density at radius 1 is 1.12 bits per heavy atom. The highest BCUT2D eigenvalue weighted by atomic mass is 16.2. The topological polar surface area (TPSA) is 55.1 Å². The van der Waals surface area contributed by atoms with Gasteiger partial charge in [0.05, 0.1) is 5.41 Å². The molecular weight excluding hydrogens is 212 g/mol. The molecule has 0 aliphatic heterocycles. The normalized spacial score (nSPS) is 21.1. The zero-order valence-corrected chi connectivity index (χ0v) is 12.0.